The lowest BCUT2D eigenvalue weighted by Gasteiger charge is -2.37. The Labute approximate surface area is 182 Å². The van der Waals surface area contributed by atoms with Crippen LogP contribution in [-0.2, 0) is 20.7 Å². The molecular weight excluding hydrogens is 394 g/mol. The second-order valence-corrected chi connectivity index (χ2v) is 9.17. The van der Waals surface area contributed by atoms with Crippen molar-refractivity contribution in [3.8, 4) is 11.4 Å². The van der Waals surface area contributed by atoms with Crippen molar-refractivity contribution in [1.82, 2.24) is 25.2 Å². The van der Waals surface area contributed by atoms with Crippen LogP contribution in [0.3, 0.4) is 0 Å². The van der Waals surface area contributed by atoms with E-state index in [1.807, 2.05) is 18.3 Å². The molecule has 0 bridgehead atoms. The Morgan fingerprint density at radius 3 is 2.84 bits per heavy atom. The van der Waals surface area contributed by atoms with Gasteiger partial charge < -0.3 is 15.0 Å². The molecule has 0 saturated carbocycles. The number of hydrogen-bond donors (Lipinski definition) is 1. The van der Waals surface area contributed by atoms with Gasteiger partial charge in [-0.15, -0.1) is 0 Å². The fourth-order valence-corrected chi connectivity index (χ4v) is 4.47. The first kappa shape index (κ1) is 21.4. The molecule has 2 amide bonds. The Morgan fingerprint density at radius 2 is 2.10 bits per heavy atom. The number of hydrogen-bond acceptors (Lipinski definition) is 6. The van der Waals surface area contributed by atoms with Crippen LogP contribution in [0.25, 0.3) is 11.4 Å². The van der Waals surface area contributed by atoms with Gasteiger partial charge in [-0.05, 0) is 30.4 Å². The Hall–Kier alpha value is -2.87. The molecule has 1 N–H and O–H groups in total. The molecule has 0 unspecified atom stereocenters. The number of methoxy groups -OCH3 is 1. The molecule has 1 fully saturated rings. The number of ether oxygens (including phenoxy) is 1. The highest BCUT2D eigenvalue weighted by atomic mass is 16.5. The maximum Gasteiger partial charge on any atom is 0.225 e. The summed E-state index contributed by atoms with van der Waals surface area (Å²) in [6.07, 6.45) is 7.16. The van der Waals surface area contributed by atoms with Crippen molar-refractivity contribution < 1.29 is 14.3 Å². The summed E-state index contributed by atoms with van der Waals surface area (Å²) in [6, 6.07) is 3.61. The number of nitrogens with one attached hydrogen (secondary N) is 1. The van der Waals surface area contributed by atoms with E-state index >= 15 is 0 Å². The molecule has 8 heteroatoms. The third-order valence-corrected chi connectivity index (χ3v) is 6.08. The standard InChI is InChI=1S/C23H29N5O3/c1-23(2)11-18-17(13-25-21(26-18)15-4-6-24-7-5-15)19(12-23)27-22(30)16-10-20(29)28(14-16)8-9-31-3/h4-7,13,16,19H,8-12,14H2,1-3H3,(H,27,30)/t16-,19-/m1/s1. The largest absolute Gasteiger partial charge is 0.383 e. The van der Waals surface area contributed by atoms with Gasteiger partial charge in [-0.1, -0.05) is 13.8 Å². The molecule has 1 aliphatic heterocycles. The van der Waals surface area contributed by atoms with Crippen LogP contribution < -0.4 is 5.32 Å². The Bertz CT molecular complexity index is 963. The molecule has 2 aromatic heterocycles. The molecule has 2 aromatic rings. The van der Waals surface area contributed by atoms with Crippen molar-refractivity contribution >= 4 is 11.8 Å². The third kappa shape index (κ3) is 4.74. The number of aromatic nitrogens is 3. The van der Waals surface area contributed by atoms with Gasteiger partial charge in [0.25, 0.3) is 0 Å². The zero-order valence-corrected chi connectivity index (χ0v) is 18.3. The molecule has 0 spiro atoms. The van der Waals surface area contributed by atoms with E-state index in [4.69, 9.17) is 9.72 Å². The summed E-state index contributed by atoms with van der Waals surface area (Å²) in [5.41, 5.74) is 2.84. The van der Waals surface area contributed by atoms with Gasteiger partial charge >= 0.3 is 0 Å². The van der Waals surface area contributed by atoms with E-state index in [1.165, 1.54) is 0 Å². The molecule has 8 nitrogen and oxygen atoms in total. The highest BCUT2D eigenvalue weighted by Gasteiger charge is 2.38. The summed E-state index contributed by atoms with van der Waals surface area (Å²) in [5.74, 6) is 0.251. The van der Waals surface area contributed by atoms with Gasteiger partial charge in [0.05, 0.1) is 24.3 Å². The van der Waals surface area contributed by atoms with Gasteiger partial charge in [-0.2, -0.15) is 0 Å². The molecule has 2 atom stereocenters. The molecule has 0 radical (unpaired) electrons. The SMILES string of the molecule is COCCN1C[C@H](C(=O)N[C@@H]2CC(C)(C)Cc3nc(-c4ccncc4)ncc32)CC1=O. The maximum atomic E-state index is 13.0. The fourth-order valence-electron chi connectivity index (χ4n) is 4.47. The number of carbonyl (C=O) groups is 2. The summed E-state index contributed by atoms with van der Waals surface area (Å²) < 4.78 is 5.06. The number of likely N-dealkylation sites (tertiary alicyclic amines) is 1. The van der Waals surface area contributed by atoms with Crippen molar-refractivity contribution in [2.45, 2.75) is 39.2 Å². The monoisotopic (exact) mass is 423 g/mol. The first-order valence-corrected chi connectivity index (χ1v) is 10.7. The molecule has 3 heterocycles. The normalized spacial score (nSPS) is 22.3. The third-order valence-electron chi connectivity index (χ3n) is 6.08. The highest BCUT2D eigenvalue weighted by Crippen LogP contribution is 2.40. The lowest BCUT2D eigenvalue weighted by Crippen LogP contribution is -2.40. The van der Waals surface area contributed by atoms with E-state index in [1.54, 1.807) is 24.4 Å². The number of pyridine rings is 1. The zero-order valence-electron chi connectivity index (χ0n) is 18.3. The van der Waals surface area contributed by atoms with Gasteiger partial charge in [0.2, 0.25) is 11.8 Å². The van der Waals surface area contributed by atoms with Gasteiger partial charge in [0.1, 0.15) is 0 Å². The van der Waals surface area contributed by atoms with E-state index in [9.17, 15) is 9.59 Å². The van der Waals surface area contributed by atoms with Crippen LogP contribution in [0, 0.1) is 11.3 Å². The van der Waals surface area contributed by atoms with Gasteiger partial charge in [0, 0.05) is 56.3 Å². The minimum atomic E-state index is -0.338. The first-order chi connectivity index (χ1) is 14.9. The average Bonchev–Trinajstić information content (AvgIpc) is 3.12. The zero-order chi connectivity index (χ0) is 22.0. The Kier molecular flexibility index (Phi) is 6.00. The molecule has 1 aliphatic carbocycles. The van der Waals surface area contributed by atoms with Crippen LogP contribution in [-0.4, -0.2) is 58.5 Å². The highest BCUT2D eigenvalue weighted by molar-refractivity contribution is 5.89. The van der Waals surface area contributed by atoms with Crippen LogP contribution in [0.4, 0.5) is 0 Å². The van der Waals surface area contributed by atoms with E-state index in [0.29, 0.717) is 25.5 Å². The lowest BCUT2D eigenvalue weighted by molar-refractivity contribution is -0.129. The van der Waals surface area contributed by atoms with Crippen molar-refractivity contribution in [2.24, 2.45) is 11.3 Å². The van der Waals surface area contributed by atoms with Gasteiger partial charge in [-0.3, -0.25) is 14.6 Å². The topological polar surface area (TPSA) is 97.3 Å². The van der Waals surface area contributed by atoms with Crippen LogP contribution in [0.1, 0.15) is 44.0 Å². The van der Waals surface area contributed by atoms with E-state index in [0.717, 1.165) is 29.7 Å². The molecule has 4 rings (SSSR count). The second-order valence-electron chi connectivity index (χ2n) is 9.17. The Balaban J connectivity index is 1.52. The van der Waals surface area contributed by atoms with E-state index in [2.05, 4.69) is 29.1 Å². The Morgan fingerprint density at radius 1 is 1.32 bits per heavy atom. The molecule has 0 aromatic carbocycles. The predicted molar refractivity (Wildman–Crippen MR) is 115 cm³/mol. The molecular formula is C23H29N5O3. The van der Waals surface area contributed by atoms with Gasteiger partial charge in [-0.25, -0.2) is 9.97 Å². The van der Waals surface area contributed by atoms with Crippen LogP contribution in [0.5, 0.6) is 0 Å². The fraction of sp³-hybridized carbons (Fsp3) is 0.522. The summed E-state index contributed by atoms with van der Waals surface area (Å²) in [7, 11) is 1.61. The van der Waals surface area contributed by atoms with E-state index in [-0.39, 0.29) is 35.6 Å². The van der Waals surface area contributed by atoms with Crippen molar-refractivity contribution in [3.63, 3.8) is 0 Å². The minimum Gasteiger partial charge on any atom is -0.383 e. The average molecular weight is 424 g/mol. The van der Waals surface area contributed by atoms with Crippen molar-refractivity contribution in [1.29, 1.82) is 0 Å². The maximum absolute atomic E-state index is 13.0. The summed E-state index contributed by atoms with van der Waals surface area (Å²) in [5, 5.41) is 3.19. The van der Waals surface area contributed by atoms with E-state index < -0.39 is 0 Å². The number of amides is 2. The summed E-state index contributed by atoms with van der Waals surface area (Å²) in [6.45, 7) is 5.81. The number of rotatable bonds is 6. The predicted octanol–water partition coefficient (Wildman–Crippen LogP) is 2.16. The first-order valence-electron chi connectivity index (χ1n) is 10.7. The van der Waals surface area contributed by atoms with Crippen LogP contribution in [0.15, 0.2) is 30.7 Å². The lowest BCUT2D eigenvalue weighted by atomic mass is 9.74. The summed E-state index contributed by atoms with van der Waals surface area (Å²) in [4.78, 5) is 40.4. The van der Waals surface area contributed by atoms with Crippen molar-refractivity contribution in [3.05, 3.63) is 42.0 Å². The summed E-state index contributed by atoms with van der Waals surface area (Å²) >= 11 is 0. The molecule has 164 valence electrons. The van der Waals surface area contributed by atoms with Crippen molar-refractivity contribution in [2.75, 3.05) is 26.8 Å². The minimum absolute atomic E-state index is 0.00639. The number of fused-ring (bicyclic) bond motifs is 1. The smallest absolute Gasteiger partial charge is 0.225 e. The number of nitrogens with zero attached hydrogens (tertiary/aromatic N) is 4. The van der Waals surface area contributed by atoms with Crippen LogP contribution >= 0.6 is 0 Å². The molecule has 31 heavy (non-hydrogen) atoms. The molecule has 2 aliphatic rings. The van der Waals surface area contributed by atoms with Gasteiger partial charge in [0.15, 0.2) is 5.82 Å². The van der Waals surface area contributed by atoms with Crippen LogP contribution in [0.2, 0.25) is 0 Å². The molecule has 1 saturated heterocycles. The quantitative estimate of drug-likeness (QED) is 0.765. The number of carbonyl (C=O) groups excluding carboxylic acids is 2. The second kappa shape index (κ2) is 8.70.